The van der Waals surface area contributed by atoms with Crippen molar-refractivity contribution in [3.8, 4) is 0 Å². The molecule has 0 aromatic heterocycles. The maximum Gasteiger partial charge on any atom is 0.244 e. The largest absolute Gasteiger partial charge is 0.354 e. The van der Waals surface area contributed by atoms with E-state index in [1.807, 2.05) is 31.2 Å². The number of halogens is 2. The Hall–Kier alpha value is -2.10. The zero-order valence-electron chi connectivity index (χ0n) is 18.9. The Morgan fingerprint density at radius 3 is 2.33 bits per heavy atom. The summed E-state index contributed by atoms with van der Waals surface area (Å²) in [6.45, 7) is 3.83. The van der Waals surface area contributed by atoms with E-state index in [9.17, 15) is 18.0 Å². The molecule has 0 aliphatic carbocycles. The van der Waals surface area contributed by atoms with E-state index in [-0.39, 0.29) is 23.2 Å². The lowest BCUT2D eigenvalue weighted by Crippen LogP contribution is -2.51. The van der Waals surface area contributed by atoms with Gasteiger partial charge in [-0.1, -0.05) is 65.1 Å². The molecule has 0 fully saturated rings. The number of carbonyl (C=O) groups excluding carboxylic acids is 2. The molecule has 180 valence electrons. The molecule has 7 nitrogen and oxygen atoms in total. The van der Waals surface area contributed by atoms with E-state index in [1.54, 1.807) is 25.1 Å². The fourth-order valence-electron chi connectivity index (χ4n) is 3.15. The smallest absolute Gasteiger partial charge is 0.244 e. The molecule has 33 heavy (non-hydrogen) atoms. The lowest BCUT2D eigenvalue weighted by atomic mass is 10.1. The van der Waals surface area contributed by atoms with Gasteiger partial charge in [-0.05, 0) is 43.2 Å². The number of nitrogens with one attached hydrogen (secondary N) is 1. The van der Waals surface area contributed by atoms with Crippen LogP contribution in [-0.2, 0) is 26.2 Å². The van der Waals surface area contributed by atoms with Gasteiger partial charge in [0.15, 0.2) is 0 Å². The predicted molar refractivity (Wildman–Crippen MR) is 136 cm³/mol. The van der Waals surface area contributed by atoms with Crippen LogP contribution in [0.2, 0.25) is 5.02 Å². The van der Waals surface area contributed by atoms with Crippen LogP contribution in [0, 0.1) is 0 Å². The summed E-state index contributed by atoms with van der Waals surface area (Å²) < 4.78 is 26.9. The minimum atomic E-state index is -3.82. The summed E-state index contributed by atoms with van der Waals surface area (Å²) in [4.78, 5) is 27.6. The summed E-state index contributed by atoms with van der Waals surface area (Å²) in [5, 5.41) is 3.05. The van der Waals surface area contributed by atoms with Crippen LogP contribution in [0.15, 0.2) is 53.0 Å². The second kappa shape index (κ2) is 12.4. The predicted octanol–water partition coefficient (Wildman–Crippen LogP) is 4.20. The molecule has 0 radical (unpaired) electrons. The number of anilines is 1. The third-order valence-electron chi connectivity index (χ3n) is 5.06. The molecule has 2 aromatic carbocycles. The second-order valence-corrected chi connectivity index (χ2v) is 10.9. The first kappa shape index (κ1) is 27.1. The molecule has 0 unspecified atom stereocenters. The summed E-state index contributed by atoms with van der Waals surface area (Å²) in [7, 11) is -3.82. The molecular formula is C23H29BrClN3O4S. The van der Waals surface area contributed by atoms with E-state index >= 15 is 0 Å². The standard InChI is InChI=1S/C23H29BrClN3O4S/c1-4-5-14-26-23(30)17(2)27(15-18-10-12-19(24)13-11-18)22(29)16-28(33(3,31)32)21-9-7-6-8-20(21)25/h6-13,17H,4-5,14-16H2,1-3H3,(H,26,30)/t17-/m0/s1. The van der Waals surface area contributed by atoms with E-state index in [1.165, 1.54) is 11.0 Å². The monoisotopic (exact) mass is 557 g/mol. The molecule has 0 aliphatic rings. The number of rotatable bonds is 11. The van der Waals surface area contributed by atoms with Crippen molar-refractivity contribution in [3.05, 3.63) is 63.6 Å². The van der Waals surface area contributed by atoms with Crippen molar-refractivity contribution in [1.82, 2.24) is 10.2 Å². The number of nitrogens with zero attached hydrogens (tertiary/aromatic N) is 2. The van der Waals surface area contributed by atoms with Crippen LogP contribution in [0.3, 0.4) is 0 Å². The molecule has 0 bridgehead atoms. The molecule has 2 aromatic rings. The Labute approximate surface area is 209 Å². The van der Waals surface area contributed by atoms with E-state index in [4.69, 9.17) is 11.6 Å². The molecule has 1 N–H and O–H groups in total. The van der Waals surface area contributed by atoms with Crippen molar-refractivity contribution in [2.45, 2.75) is 39.3 Å². The van der Waals surface area contributed by atoms with E-state index in [0.717, 1.165) is 33.4 Å². The molecule has 2 amide bonds. The molecule has 2 rings (SSSR count). The Morgan fingerprint density at radius 1 is 1.12 bits per heavy atom. The van der Waals surface area contributed by atoms with E-state index in [2.05, 4.69) is 21.2 Å². The zero-order chi connectivity index (χ0) is 24.6. The number of hydrogen-bond acceptors (Lipinski definition) is 4. The van der Waals surface area contributed by atoms with Gasteiger partial charge in [0.05, 0.1) is 17.0 Å². The lowest BCUT2D eigenvalue weighted by Gasteiger charge is -2.31. The number of hydrogen-bond donors (Lipinski definition) is 1. The molecule has 1 atom stereocenters. The zero-order valence-corrected chi connectivity index (χ0v) is 22.1. The molecular weight excluding hydrogens is 530 g/mol. The van der Waals surface area contributed by atoms with Crippen molar-refractivity contribution >= 4 is 55.1 Å². The highest BCUT2D eigenvalue weighted by molar-refractivity contribution is 9.10. The Kier molecular flexibility index (Phi) is 10.2. The number of sulfonamides is 1. The van der Waals surface area contributed by atoms with Crippen molar-refractivity contribution in [1.29, 1.82) is 0 Å². The van der Waals surface area contributed by atoms with Crippen LogP contribution in [0.5, 0.6) is 0 Å². The number of unbranched alkanes of at least 4 members (excludes halogenated alkanes) is 1. The number of para-hydroxylation sites is 1. The quantitative estimate of drug-likeness (QED) is 0.419. The van der Waals surface area contributed by atoms with Crippen molar-refractivity contribution in [2.75, 3.05) is 23.7 Å². The van der Waals surface area contributed by atoms with Gasteiger partial charge < -0.3 is 10.2 Å². The van der Waals surface area contributed by atoms with Crippen LogP contribution < -0.4 is 9.62 Å². The normalized spacial score (nSPS) is 12.2. The van der Waals surface area contributed by atoms with Crippen LogP contribution in [0.4, 0.5) is 5.69 Å². The van der Waals surface area contributed by atoms with Crippen molar-refractivity contribution in [2.24, 2.45) is 0 Å². The first-order valence-corrected chi connectivity index (χ1v) is 13.6. The Morgan fingerprint density at radius 2 is 1.76 bits per heavy atom. The third-order valence-corrected chi connectivity index (χ3v) is 7.04. The van der Waals surface area contributed by atoms with Gasteiger partial charge in [-0.25, -0.2) is 8.42 Å². The fraction of sp³-hybridized carbons (Fsp3) is 0.391. The SMILES string of the molecule is CCCCNC(=O)[C@H](C)N(Cc1ccc(Br)cc1)C(=O)CN(c1ccccc1Cl)S(C)(=O)=O. The number of amides is 2. The van der Waals surface area contributed by atoms with Gasteiger partial charge in [0.2, 0.25) is 21.8 Å². The minimum absolute atomic E-state index is 0.147. The first-order chi connectivity index (χ1) is 15.5. The van der Waals surface area contributed by atoms with Gasteiger partial charge in [0, 0.05) is 17.6 Å². The summed E-state index contributed by atoms with van der Waals surface area (Å²) >= 11 is 9.60. The molecule has 10 heteroatoms. The van der Waals surface area contributed by atoms with Gasteiger partial charge in [0.1, 0.15) is 12.6 Å². The fourth-order valence-corrected chi connectivity index (χ4v) is 4.57. The van der Waals surface area contributed by atoms with Gasteiger partial charge >= 0.3 is 0 Å². The van der Waals surface area contributed by atoms with E-state index < -0.39 is 28.5 Å². The highest BCUT2D eigenvalue weighted by atomic mass is 79.9. The van der Waals surface area contributed by atoms with Crippen molar-refractivity contribution < 1.29 is 18.0 Å². The van der Waals surface area contributed by atoms with Gasteiger partial charge in [-0.15, -0.1) is 0 Å². The average Bonchev–Trinajstić information content (AvgIpc) is 2.76. The molecule has 0 heterocycles. The van der Waals surface area contributed by atoms with Crippen LogP contribution in [0.1, 0.15) is 32.3 Å². The lowest BCUT2D eigenvalue weighted by molar-refractivity contribution is -0.139. The maximum absolute atomic E-state index is 13.4. The van der Waals surface area contributed by atoms with Crippen LogP contribution in [-0.4, -0.2) is 50.5 Å². The highest BCUT2D eigenvalue weighted by Crippen LogP contribution is 2.27. The number of benzene rings is 2. The van der Waals surface area contributed by atoms with Gasteiger partial charge in [-0.3, -0.25) is 13.9 Å². The summed E-state index contributed by atoms with van der Waals surface area (Å²) in [5.74, 6) is -0.807. The maximum atomic E-state index is 13.4. The molecule has 0 saturated heterocycles. The highest BCUT2D eigenvalue weighted by Gasteiger charge is 2.30. The molecule has 0 aliphatic heterocycles. The summed E-state index contributed by atoms with van der Waals surface area (Å²) in [6, 6.07) is 13.0. The molecule has 0 spiro atoms. The third kappa shape index (κ3) is 8.01. The van der Waals surface area contributed by atoms with Gasteiger partial charge in [0.25, 0.3) is 0 Å². The molecule has 0 saturated carbocycles. The van der Waals surface area contributed by atoms with Crippen molar-refractivity contribution in [3.63, 3.8) is 0 Å². The van der Waals surface area contributed by atoms with Gasteiger partial charge in [-0.2, -0.15) is 0 Å². The number of carbonyl (C=O) groups is 2. The van der Waals surface area contributed by atoms with Crippen LogP contribution in [0.25, 0.3) is 0 Å². The summed E-state index contributed by atoms with van der Waals surface area (Å²) in [6.07, 6.45) is 2.77. The summed E-state index contributed by atoms with van der Waals surface area (Å²) in [5.41, 5.74) is 1.02. The van der Waals surface area contributed by atoms with E-state index in [0.29, 0.717) is 6.54 Å². The Balaban J connectivity index is 2.34. The topological polar surface area (TPSA) is 86.8 Å². The first-order valence-electron chi connectivity index (χ1n) is 10.6. The average molecular weight is 559 g/mol. The minimum Gasteiger partial charge on any atom is -0.354 e. The van der Waals surface area contributed by atoms with Crippen LogP contribution >= 0.6 is 27.5 Å². The second-order valence-electron chi connectivity index (χ2n) is 7.69. The Bertz CT molecular complexity index is 1060.